The zero-order chi connectivity index (χ0) is 23.6. The van der Waals surface area contributed by atoms with Gasteiger partial charge in [-0.2, -0.15) is 18.3 Å². The van der Waals surface area contributed by atoms with Gasteiger partial charge in [0.05, 0.1) is 33.3 Å². The highest BCUT2D eigenvalue weighted by Gasteiger charge is 2.37. The predicted molar refractivity (Wildman–Crippen MR) is 108 cm³/mol. The van der Waals surface area contributed by atoms with Crippen molar-refractivity contribution < 1.29 is 31.5 Å². The average Bonchev–Trinajstić information content (AvgIpc) is 3.00. The van der Waals surface area contributed by atoms with Crippen molar-refractivity contribution in [2.24, 2.45) is 11.8 Å². The number of carbonyl (C=O) groups is 1. The minimum atomic E-state index is -4.87. The molecule has 0 fully saturated rings. The molecule has 0 bridgehead atoms. The highest BCUT2D eigenvalue weighted by molar-refractivity contribution is 7.91. The Morgan fingerprint density at radius 2 is 1.87 bits per heavy atom. The van der Waals surface area contributed by atoms with Crippen molar-refractivity contribution in [1.29, 1.82) is 5.41 Å². The number of aliphatic carboxylic acids is 1. The molecule has 0 amide bonds. The van der Waals surface area contributed by atoms with Gasteiger partial charge in [0.15, 0.2) is 9.84 Å². The normalized spacial score (nSPS) is 13.4. The van der Waals surface area contributed by atoms with Gasteiger partial charge in [-0.3, -0.25) is 9.48 Å². The summed E-state index contributed by atoms with van der Waals surface area (Å²) in [6.45, 7) is 5.95. The largest absolute Gasteiger partial charge is 0.481 e. The van der Waals surface area contributed by atoms with E-state index in [9.17, 15) is 31.5 Å². The lowest BCUT2D eigenvalue weighted by atomic mass is 9.97. The molecule has 1 heterocycles. The molecule has 0 radical (unpaired) electrons. The van der Waals surface area contributed by atoms with Gasteiger partial charge in [0, 0.05) is 6.54 Å². The first-order valence-corrected chi connectivity index (χ1v) is 11.1. The van der Waals surface area contributed by atoms with Gasteiger partial charge in [0.1, 0.15) is 5.92 Å². The highest BCUT2D eigenvalue weighted by atomic mass is 32.2. The van der Waals surface area contributed by atoms with E-state index in [4.69, 9.17) is 5.41 Å². The standard InChI is InChI=1S/C20H24F3N3O4S/c1-12(2)11-26-16(10-13(3)25-26)18(24)14(19(27)28)8-9-31(29,30)17-7-5-4-6-15(17)20(21,22)23/h4-7,10,12,14,24H,8-9,11H2,1-3H3,(H,27,28). The Hall–Kier alpha value is -2.69. The maximum absolute atomic E-state index is 13.2. The second-order valence-electron chi connectivity index (χ2n) is 7.65. The van der Waals surface area contributed by atoms with E-state index in [-0.39, 0.29) is 17.3 Å². The minimum Gasteiger partial charge on any atom is -0.481 e. The van der Waals surface area contributed by atoms with E-state index in [1.807, 2.05) is 13.8 Å². The van der Waals surface area contributed by atoms with Crippen molar-refractivity contribution in [1.82, 2.24) is 9.78 Å². The van der Waals surface area contributed by atoms with E-state index in [1.54, 1.807) is 6.92 Å². The summed E-state index contributed by atoms with van der Waals surface area (Å²) in [6.07, 6.45) is -5.42. The van der Waals surface area contributed by atoms with Crippen molar-refractivity contribution in [2.45, 2.75) is 44.8 Å². The van der Waals surface area contributed by atoms with Crippen molar-refractivity contribution in [2.75, 3.05) is 5.75 Å². The van der Waals surface area contributed by atoms with Crippen LogP contribution in [-0.2, 0) is 27.4 Å². The van der Waals surface area contributed by atoms with Gasteiger partial charge < -0.3 is 10.5 Å². The third kappa shape index (κ3) is 5.93. The third-order valence-corrected chi connectivity index (χ3v) is 6.36. The zero-order valence-corrected chi connectivity index (χ0v) is 18.1. The van der Waals surface area contributed by atoms with Crippen LogP contribution in [0.1, 0.15) is 37.2 Å². The molecule has 2 N–H and O–H groups in total. The fourth-order valence-corrected chi connectivity index (χ4v) is 4.74. The lowest BCUT2D eigenvalue weighted by Gasteiger charge is -2.17. The molecule has 0 saturated heterocycles. The molecule has 1 aromatic carbocycles. The fraction of sp³-hybridized carbons (Fsp3) is 0.450. The Balaban J connectivity index is 2.32. The second kappa shape index (κ2) is 9.21. The number of sulfone groups is 1. The lowest BCUT2D eigenvalue weighted by molar-refractivity contribution is -0.140. The Morgan fingerprint density at radius 1 is 1.26 bits per heavy atom. The summed E-state index contributed by atoms with van der Waals surface area (Å²) in [7, 11) is -4.44. The molecular weight excluding hydrogens is 435 g/mol. The molecular formula is C20H24F3N3O4S. The number of carboxylic acid groups (broad SMARTS) is 1. The van der Waals surface area contributed by atoms with Crippen LogP contribution in [0.25, 0.3) is 0 Å². The molecule has 31 heavy (non-hydrogen) atoms. The van der Waals surface area contributed by atoms with Crippen LogP contribution in [0.4, 0.5) is 13.2 Å². The monoisotopic (exact) mass is 459 g/mol. The van der Waals surface area contributed by atoms with Gasteiger partial charge in [0.25, 0.3) is 0 Å². The van der Waals surface area contributed by atoms with Gasteiger partial charge in [-0.1, -0.05) is 26.0 Å². The number of hydrogen-bond donors (Lipinski definition) is 2. The van der Waals surface area contributed by atoms with E-state index in [0.717, 1.165) is 12.1 Å². The summed E-state index contributed by atoms with van der Waals surface area (Å²) < 4.78 is 66.3. The molecule has 0 spiro atoms. The van der Waals surface area contributed by atoms with Crippen molar-refractivity contribution >= 4 is 21.5 Å². The first-order valence-electron chi connectivity index (χ1n) is 9.49. The minimum absolute atomic E-state index is 0.161. The molecule has 2 aromatic rings. The molecule has 2 rings (SSSR count). The quantitative estimate of drug-likeness (QED) is 0.554. The zero-order valence-electron chi connectivity index (χ0n) is 17.3. The van der Waals surface area contributed by atoms with Crippen LogP contribution in [0.3, 0.4) is 0 Å². The number of rotatable bonds is 9. The Kier molecular flexibility index (Phi) is 7.30. The number of hydrogen-bond acceptors (Lipinski definition) is 5. The van der Waals surface area contributed by atoms with Gasteiger partial charge >= 0.3 is 12.1 Å². The summed E-state index contributed by atoms with van der Waals surface area (Å²) in [5, 5.41) is 22.2. The molecule has 0 saturated carbocycles. The number of benzene rings is 1. The number of nitrogens with one attached hydrogen (secondary N) is 1. The number of alkyl halides is 3. The second-order valence-corrected chi connectivity index (χ2v) is 9.73. The number of nitrogens with zero attached hydrogens (tertiary/aromatic N) is 2. The number of aryl methyl sites for hydroxylation is 1. The van der Waals surface area contributed by atoms with Gasteiger partial charge in [-0.15, -0.1) is 0 Å². The third-order valence-electron chi connectivity index (χ3n) is 4.57. The predicted octanol–water partition coefficient (Wildman–Crippen LogP) is 3.80. The highest BCUT2D eigenvalue weighted by Crippen LogP contribution is 2.34. The summed E-state index contributed by atoms with van der Waals surface area (Å²) in [5.41, 5.74) is -0.835. The summed E-state index contributed by atoms with van der Waals surface area (Å²) >= 11 is 0. The van der Waals surface area contributed by atoms with Crippen LogP contribution in [0.15, 0.2) is 35.2 Å². The molecule has 0 aliphatic heterocycles. The van der Waals surface area contributed by atoms with E-state index < -0.39 is 50.5 Å². The van der Waals surface area contributed by atoms with Crippen LogP contribution in [0.2, 0.25) is 0 Å². The Labute approximate surface area is 178 Å². The topological polar surface area (TPSA) is 113 Å². The van der Waals surface area contributed by atoms with Gasteiger partial charge in [-0.05, 0) is 37.5 Å². The van der Waals surface area contributed by atoms with Crippen molar-refractivity contribution in [3.63, 3.8) is 0 Å². The summed E-state index contributed by atoms with van der Waals surface area (Å²) in [6, 6.07) is 5.30. The molecule has 7 nitrogen and oxygen atoms in total. The van der Waals surface area contributed by atoms with E-state index >= 15 is 0 Å². The van der Waals surface area contributed by atoms with E-state index in [2.05, 4.69) is 5.10 Å². The number of aromatic nitrogens is 2. The van der Waals surface area contributed by atoms with Crippen LogP contribution < -0.4 is 0 Å². The Morgan fingerprint density at radius 3 is 2.42 bits per heavy atom. The molecule has 1 unspecified atom stereocenters. The molecule has 11 heteroatoms. The van der Waals surface area contributed by atoms with Crippen molar-refractivity contribution in [3.8, 4) is 0 Å². The number of halogens is 3. The molecule has 170 valence electrons. The maximum atomic E-state index is 13.2. The van der Waals surface area contributed by atoms with E-state index in [1.165, 1.54) is 16.8 Å². The lowest BCUT2D eigenvalue weighted by Crippen LogP contribution is -2.29. The average molecular weight is 459 g/mol. The molecule has 1 aromatic heterocycles. The van der Waals surface area contributed by atoms with Gasteiger partial charge in [0.2, 0.25) is 0 Å². The van der Waals surface area contributed by atoms with Crippen LogP contribution in [0, 0.1) is 24.2 Å². The van der Waals surface area contributed by atoms with Crippen LogP contribution in [-0.4, -0.2) is 40.7 Å². The molecule has 0 aliphatic rings. The summed E-state index contributed by atoms with van der Waals surface area (Å²) in [4.78, 5) is 10.9. The Bertz CT molecular complexity index is 1080. The van der Waals surface area contributed by atoms with Gasteiger partial charge in [-0.25, -0.2) is 8.42 Å². The fourth-order valence-electron chi connectivity index (χ4n) is 3.17. The molecule has 1 atom stereocenters. The first-order chi connectivity index (χ1) is 14.2. The number of carboxylic acids is 1. The first kappa shape index (κ1) is 24.6. The maximum Gasteiger partial charge on any atom is 0.417 e. The van der Waals surface area contributed by atoms with Crippen molar-refractivity contribution in [3.05, 3.63) is 47.3 Å². The van der Waals surface area contributed by atoms with Crippen LogP contribution >= 0.6 is 0 Å². The molecule has 0 aliphatic carbocycles. The van der Waals surface area contributed by atoms with Crippen LogP contribution in [0.5, 0.6) is 0 Å². The smallest absolute Gasteiger partial charge is 0.417 e. The SMILES string of the molecule is Cc1cc(C(=N)C(CCS(=O)(=O)c2ccccc2C(F)(F)F)C(=O)O)n(CC(C)C)n1. The van der Waals surface area contributed by atoms with E-state index in [0.29, 0.717) is 18.3 Å². The summed E-state index contributed by atoms with van der Waals surface area (Å²) in [5.74, 6) is -3.64.